The van der Waals surface area contributed by atoms with Gasteiger partial charge in [0.15, 0.2) is 11.5 Å². The second-order valence-corrected chi connectivity index (χ2v) is 4.27. The van der Waals surface area contributed by atoms with Crippen molar-refractivity contribution in [3.8, 4) is 11.5 Å². The van der Waals surface area contributed by atoms with Crippen LogP contribution in [0.25, 0.3) is 0 Å². The molecule has 1 heterocycles. The number of benzene rings is 1. The average molecular weight is 223 g/mol. The number of alkyl halides is 1. The Bertz CT molecular complexity index is 397. The highest BCUT2D eigenvalue weighted by Crippen LogP contribution is 2.32. The molecule has 1 aromatic rings. The molecule has 0 amide bonds. The molecule has 1 aliphatic carbocycles. The highest BCUT2D eigenvalue weighted by molar-refractivity contribution is 5.44. The molecule has 1 N–H and O–H groups in total. The van der Waals surface area contributed by atoms with Crippen molar-refractivity contribution >= 4 is 0 Å². The van der Waals surface area contributed by atoms with E-state index in [9.17, 15) is 4.39 Å². The maximum atomic E-state index is 13.0. The summed E-state index contributed by atoms with van der Waals surface area (Å²) in [6.45, 7) is 0.975. The summed E-state index contributed by atoms with van der Waals surface area (Å²) in [5.41, 5.74) is 1.10. The standard InChI is InChI=1S/C12H14FNO2/c13-9-2-3-10(9)14-6-8-1-4-11-12(5-8)16-7-15-11/h1,4-5,9-10,14H,2-3,6-7H2. The molecule has 2 unspecified atom stereocenters. The van der Waals surface area contributed by atoms with Crippen LogP contribution in [0, 0.1) is 0 Å². The number of hydrogen-bond acceptors (Lipinski definition) is 3. The Morgan fingerprint density at radius 3 is 2.88 bits per heavy atom. The fraction of sp³-hybridized carbons (Fsp3) is 0.500. The molecule has 0 saturated heterocycles. The average Bonchev–Trinajstić information content (AvgIpc) is 2.74. The van der Waals surface area contributed by atoms with E-state index in [2.05, 4.69) is 5.32 Å². The molecule has 1 aromatic carbocycles. The van der Waals surface area contributed by atoms with E-state index in [1.54, 1.807) is 0 Å². The zero-order valence-corrected chi connectivity index (χ0v) is 8.91. The van der Waals surface area contributed by atoms with Gasteiger partial charge in [0.25, 0.3) is 0 Å². The Morgan fingerprint density at radius 2 is 2.12 bits per heavy atom. The third-order valence-electron chi connectivity index (χ3n) is 3.20. The highest BCUT2D eigenvalue weighted by Gasteiger charge is 2.29. The first-order valence-electron chi connectivity index (χ1n) is 5.59. The predicted octanol–water partition coefficient (Wildman–Crippen LogP) is 2.01. The molecular weight excluding hydrogens is 209 g/mol. The second kappa shape index (κ2) is 3.94. The van der Waals surface area contributed by atoms with Crippen LogP contribution < -0.4 is 14.8 Å². The SMILES string of the molecule is FC1CCC1NCc1ccc2c(c1)OCO2. The minimum atomic E-state index is -0.672. The Morgan fingerprint density at radius 1 is 1.25 bits per heavy atom. The molecule has 0 radical (unpaired) electrons. The van der Waals surface area contributed by atoms with Gasteiger partial charge in [0.1, 0.15) is 6.17 Å². The molecule has 1 saturated carbocycles. The third kappa shape index (κ3) is 1.73. The highest BCUT2D eigenvalue weighted by atomic mass is 19.1. The fourth-order valence-electron chi connectivity index (χ4n) is 1.99. The van der Waals surface area contributed by atoms with Crippen LogP contribution in [0.3, 0.4) is 0 Å². The molecule has 16 heavy (non-hydrogen) atoms. The summed E-state index contributed by atoms with van der Waals surface area (Å²) in [5, 5.41) is 3.20. The van der Waals surface area contributed by atoms with Gasteiger partial charge in [-0.2, -0.15) is 0 Å². The van der Waals surface area contributed by atoms with Crippen molar-refractivity contribution in [2.24, 2.45) is 0 Å². The lowest BCUT2D eigenvalue weighted by Crippen LogP contribution is -2.44. The van der Waals surface area contributed by atoms with Crippen LogP contribution in [0.1, 0.15) is 18.4 Å². The van der Waals surface area contributed by atoms with Crippen molar-refractivity contribution in [3.05, 3.63) is 23.8 Å². The first-order chi connectivity index (χ1) is 7.83. The van der Waals surface area contributed by atoms with E-state index in [-0.39, 0.29) is 6.04 Å². The largest absolute Gasteiger partial charge is 0.454 e. The molecular formula is C12H14FNO2. The molecule has 3 rings (SSSR count). The number of rotatable bonds is 3. The summed E-state index contributed by atoms with van der Waals surface area (Å²) >= 11 is 0. The summed E-state index contributed by atoms with van der Waals surface area (Å²) in [4.78, 5) is 0. The molecule has 1 aliphatic heterocycles. The predicted molar refractivity (Wildman–Crippen MR) is 57.3 cm³/mol. The minimum Gasteiger partial charge on any atom is -0.454 e. The first kappa shape index (κ1) is 9.90. The van der Waals surface area contributed by atoms with Gasteiger partial charge >= 0.3 is 0 Å². The molecule has 4 heteroatoms. The van der Waals surface area contributed by atoms with Crippen molar-refractivity contribution < 1.29 is 13.9 Å². The Balaban J connectivity index is 1.62. The van der Waals surface area contributed by atoms with Crippen molar-refractivity contribution in [2.45, 2.75) is 31.6 Å². The van der Waals surface area contributed by atoms with Crippen LogP contribution in [-0.2, 0) is 6.54 Å². The van der Waals surface area contributed by atoms with Crippen LogP contribution >= 0.6 is 0 Å². The zero-order valence-electron chi connectivity index (χ0n) is 8.91. The van der Waals surface area contributed by atoms with Gasteiger partial charge in [0.2, 0.25) is 6.79 Å². The quantitative estimate of drug-likeness (QED) is 0.850. The fourth-order valence-corrected chi connectivity index (χ4v) is 1.99. The minimum absolute atomic E-state index is 0.0328. The van der Waals surface area contributed by atoms with E-state index in [1.165, 1.54) is 0 Å². The topological polar surface area (TPSA) is 30.5 Å². The maximum Gasteiger partial charge on any atom is 0.231 e. The van der Waals surface area contributed by atoms with Crippen LogP contribution in [0.5, 0.6) is 11.5 Å². The van der Waals surface area contributed by atoms with Gasteiger partial charge in [-0.1, -0.05) is 6.07 Å². The molecule has 0 aromatic heterocycles. The monoisotopic (exact) mass is 223 g/mol. The van der Waals surface area contributed by atoms with Gasteiger partial charge in [0.05, 0.1) is 0 Å². The lowest BCUT2D eigenvalue weighted by atomic mass is 9.90. The normalized spacial score (nSPS) is 26.6. The number of hydrogen-bond donors (Lipinski definition) is 1. The molecule has 1 fully saturated rings. The van der Waals surface area contributed by atoms with Gasteiger partial charge in [0, 0.05) is 12.6 Å². The lowest BCUT2D eigenvalue weighted by Gasteiger charge is -2.31. The molecule has 0 bridgehead atoms. The first-order valence-corrected chi connectivity index (χ1v) is 5.59. The van der Waals surface area contributed by atoms with Gasteiger partial charge in [-0.15, -0.1) is 0 Å². The van der Waals surface area contributed by atoms with E-state index in [1.807, 2.05) is 18.2 Å². The van der Waals surface area contributed by atoms with Gasteiger partial charge in [-0.3, -0.25) is 0 Å². The number of fused-ring (bicyclic) bond motifs is 1. The second-order valence-electron chi connectivity index (χ2n) is 4.27. The number of nitrogens with one attached hydrogen (secondary N) is 1. The Hall–Kier alpha value is -1.29. The van der Waals surface area contributed by atoms with E-state index in [0.717, 1.165) is 23.5 Å². The third-order valence-corrected chi connectivity index (χ3v) is 3.20. The van der Waals surface area contributed by atoms with Gasteiger partial charge in [-0.05, 0) is 30.5 Å². The Kier molecular flexibility index (Phi) is 2.44. The van der Waals surface area contributed by atoms with E-state index in [4.69, 9.17) is 9.47 Å². The molecule has 0 spiro atoms. The van der Waals surface area contributed by atoms with Crippen LogP contribution in [0.15, 0.2) is 18.2 Å². The van der Waals surface area contributed by atoms with Crippen LogP contribution in [-0.4, -0.2) is 19.0 Å². The smallest absolute Gasteiger partial charge is 0.231 e. The molecule has 3 nitrogen and oxygen atoms in total. The Labute approximate surface area is 93.6 Å². The van der Waals surface area contributed by atoms with Gasteiger partial charge < -0.3 is 14.8 Å². The van der Waals surface area contributed by atoms with Crippen molar-refractivity contribution in [1.82, 2.24) is 5.32 Å². The number of ether oxygens (including phenoxy) is 2. The van der Waals surface area contributed by atoms with Crippen molar-refractivity contribution in [3.63, 3.8) is 0 Å². The molecule has 86 valence electrons. The van der Waals surface area contributed by atoms with E-state index < -0.39 is 6.17 Å². The van der Waals surface area contributed by atoms with Gasteiger partial charge in [-0.25, -0.2) is 4.39 Å². The van der Waals surface area contributed by atoms with Crippen molar-refractivity contribution in [2.75, 3.05) is 6.79 Å². The summed E-state index contributed by atoms with van der Waals surface area (Å²) < 4.78 is 23.5. The lowest BCUT2D eigenvalue weighted by molar-refractivity contribution is 0.141. The summed E-state index contributed by atoms with van der Waals surface area (Å²) in [6.07, 6.45) is 0.957. The van der Waals surface area contributed by atoms with E-state index in [0.29, 0.717) is 19.8 Å². The summed E-state index contributed by atoms with van der Waals surface area (Å²) in [5.74, 6) is 1.57. The summed E-state index contributed by atoms with van der Waals surface area (Å²) in [7, 11) is 0. The molecule has 2 atom stereocenters. The molecule has 2 aliphatic rings. The maximum absolute atomic E-state index is 13.0. The van der Waals surface area contributed by atoms with Crippen molar-refractivity contribution in [1.29, 1.82) is 0 Å². The van der Waals surface area contributed by atoms with Crippen LogP contribution in [0.2, 0.25) is 0 Å². The zero-order chi connectivity index (χ0) is 11.0. The van der Waals surface area contributed by atoms with Crippen LogP contribution in [0.4, 0.5) is 4.39 Å². The number of halogens is 1. The summed E-state index contributed by atoms with van der Waals surface area (Å²) in [6, 6.07) is 5.85. The van der Waals surface area contributed by atoms with E-state index >= 15 is 0 Å².